The highest BCUT2D eigenvalue weighted by atomic mass is 16.5. The first-order chi connectivity index (χ1) is 15.5. The van der Waals surface area contributed by atoms with E-state index in [1.807, 2.05) is 54.6 Å². The van der Waals surface area contributed by atoms with Crippen molar-refractivity contribution in [1.82, 2.24) is 20.1 Å². The molecule has 0 aliphatic heterocycles. The van der Waals surface area contributed by atoms with Crippen molar-refractivity contribution in [2.75, 3.05) is 7.11 Å². The molecule has 32 heavy (non-hydrogen) atoms. The number of hydrogen-bond acceptors (Lipinski definition) is 5. The number of methoxy groups -OCH3 is 1. The van der Waals surface area contributed by atoms with Gasteiger partial charge < -0.3 is 15.2 Å². The standard InChI is InChI=1S/C24H20N4O4/c1-32-21-11-19(24(30)31)13-25-22(21)28-15-20(14-27-28)23(29)26-12-16-7-9-18(10-8-16)17-5-3-2-4-6-17/h2-11,13-15H,12H2,1H3,(H,26,29)(H,30,31). The third kappa shape index (κ3) is 4.49. The van der Waals surface area contributed by atoms with Crippen LogP contribution in [0.2, 0.25) is 0 Å². The molecule has 8 heteroatoms. The Kier molecular flexibility index (Phi) is 5.94. The van der Waals surface area contributed by atoms with Crippen molar-refractivity contribution in [3.05, 3.63) is 95.9 Å². The van der Waals surface area contributed by atoms with Gasteiger partial charge in [0.05, 0.1) is 24.4 Å². The number of nitrogens with zero attached hydrogens (tertiary/aromatic N) is 3. The minimum absolute atomic E-state index is 0.00555. The third-order valence-electron chi connectivity index (χ3n) is 4.88. The normalized spacial score (nSPS) is 10.5. The highest BCUT2D eigenvalue weighted by Crippen LogP contribution is 2.22. The number of carbonyl (C=O) groups is 2. The molecule has 0 atom stereocenters. The Hall–Kier alpha value is -4.46. The van der Waals surface area contributed by atoms with Crippen LogP contribution in [-0.2, 0) is 6.54 Å². The van der Waals surface area contributed by atoms with Gasteiger partial charge in [-0.3, -0.25) is 4.79 Å². The first-order valence-corrected chi connectivity index (χ1v) is 9.80. The first kappa shape index (κ1) is 20.8. The van der Waals surface area contributed by atoms with E-state index in [0.717, 1.165) is 16.7 Å². The van der Waals surface area contributed by atoms with Gasteiger partial charge in [-0.25, -0.2) is 14.5 Å². The summed E-state index contributed by atoms with van der Waals surface area (Å²) >= 11 is 0. The Balaban J connectivity index is 1.43. The fraction of sp³-hybridized carbons (Fsp3) is 0.0833. The number of hydrogen-bond donors (Lipinski definition) is 2. The topological polar surface area (TPSA) is 106 Å². The van der Waals surface area contributed by atoms with E-state index in [9.17, 15) is 9.59 Å². The number of aromatic carboxylic acids is 1. The summed E-state index contributed by atoms with van der Waals surface area (Å²) in [5.41, 5.74) is 3.55. The van der Waals surface area contributed by atoms with Crippen molar-refractivity contribution >= 4 is 11.9 Å². The van der Waals surface area contributed by atoms with E-state index < -0.39 is 5.97 Å². The zero-order valence-corrected chi connectivity index (χ0v) is 17.2. The van der Waals surface area contributed by atoms with Crippen molar-refractivity contribution in [2.24, 2.45) is 0 Å². The number of benzene rings is 2. The molecule has 0 bridgehead atoms. The molecule has 160 valence electrons. The second kappa shape index (κ2) is 9.13. The highest BCUT2D eigenvalue weighted by molar-refractivity contribution is 5.93. The van der Waals surface area contributed by atoms with Crippen LogP contribution in [0.1, 0.15) is 26.3 Å². The maximum Gasteiger partial charge on any atom is 0.337 e. The lowest BCUT2D eigenvalue weighted by molar-refractivity contribution is 0.0695. The Bertz CT molecular complexity index is 1250. The lowest BCUT2D eigenvalue weighted by atomic mass is 10.0. The van der Waals surface area contributed by atoms with Crippen LogP contribution < -0.4 is 10.1 Å². The first-order valence-electron chi connectivity index (χ1n) is 9.80. The number of nitrogens with one attached hydrogen (secondary N) is 1. The predicted molar refractivity (Wildman–Crippen MR) is 118 cm³/mol. The van der Waals surface area contributed by atoms with Gasteiger partial charge in [0.25, 0.3) is 5.91 Å². The Morgan fingerprint density at radius 3 is 2.41 bits per heavy atom. The summed E-state index contributed by atoms with van der Waals surface area (Å²) in [6.07, 6.45) is 4.14. The molecule has 0 saturated carbocycles. The lowest BCUT2D eigenvalue weighted by Gasteiger charge is -2.08. The van der Waals surface area contributed by atoms with Crippen molar-refractivity contribution < 1.29 is 19.4 Å². The Morgan fingerprint density at radius 1 is 1.00 bits per heavy atom. The van der Waals surface area contributed by atoms with Crippen LogP contribution >= 0.6 is 0 Å². The van der Waals surface area contributed by atoms with E-state index in [-0.39, 0.29) is 23.0 Å². The molecule has 2 aromatic heterocycles. The predicted octanol–water partition coefficient (Wildman–Crippen LogP) is 3.57. The summed E-state index contributed by atoms with van der Waals surface area (Å²) in [4.78, 5) is 27.8. The summed E-state index contributed by atoms with van der Waals surface area (Å²) < 4.78 is 6.59. The summed E-state index contributed by atoms with van der Waals surface area (Å²) in [5.74, 6) is -0.879. The zero-order chi connectivity index (χ0) is 22.5. The van der Waals surface area contributed by atoms with Crippen LogP contribution in [0.4, 0.5) is 0 Å². The quantitative estimate of drug-likeness (QED) is 0.466. The molecule has 8 nitrogen and oxygen atoms in total. The van der Waals surface area contributed by atoms with Gasteiger partial charge in [0.1, 0.15) is 0 Å². The van der Waals surface area contributed by atoms with Gasteiger partial charge in [0, 0.05) is 25.0 Å². The number of carbonyl (C=O) groups excluding carboxylic acids is 1. The molecule has 0 fully saturated rings. The molecule has 2 N–H and O–H groups in total. The minimum Gasteiger partial charge on any atom is -0.493 e. The number of ether oxygens (including phenoxy) is 1. The van der Waals surface area contributed by atoms with E-state index >= 15 is 0 Å². The van der Waals surface area contributed by atoms with E-state index in [2.05, 4.69) is 15.4 Å². The molecule has 2 heterocycles. The maximum absolute atomic E-state index is 12.6. The number of amides is 1. The molecule has 0 saturated heterocycles. The van der Waals surface area contributed by atoms with E-state index in [0.29, 0.717) is 12.1 Å². The molecular formula is C24H20N4O4. The second-order valence-electron chi connectivity index (χ2n) is 6.97. The van der Waals surface area contributed by atoms with Gasteiger partial charge in [0.2, 0.25) is 0 Å². The number of aromatic nitrogens is 3. The summed E-state index contributed by atoms with van der Waals surface area (Å²) in [6.45, 7) is 0.369. The summed E-state index contributed by atoms with van der Waals surface area (Å²) in [5, 5.41) is 16.1. The van der Waals surface area contributed by atoms with Crippen LogP contribution in [-0.4, -0.2) is 38.9 Å². The van der Waals surface area contributed by atoms with E-state index in [1.165, 1.54) is 36.4 Å². The summed E-state index contributed by atoms with van der Waals surface area (Å²) in [7, 11) is 1.41. The van der Waals surface area contributed by atoms with Gasteiger partial charge >= 0.3 is 5.97 Å². The van der Waals surface area contributed by atoms with E-state index in [4.69, 9.17) is 9.84 Å². The van der Waals surface area contributed by atoms with Crippen LogP contribution in [0.15, 0.2) is 79.3 Å². The SMILES string of the molecule is COc1cc(C(=O)O)cnc1-n1cc(C(=O)NCc2ccc(-c3ccccc3)cc2)cn1. The monoisotopic (exact) mass is 428 g/mol. The average Bonchev–Trinajstić information content (AvgIpc) is 3.33. The van der Waals surface area contributed by atoms with Crippen LogP contribution in [0, 0.1) is 0 Å². The van der Waals surface area contributed by atoms with Gasteiger partial charge in [-0.05, 0) is 16.7 Å². The molecule has 4 aromatic rings. The van der Waals surface area contributed by atoms with Crippen molar-refractivity contribution in [1.29, 1.82) is 0 Å². The second-order valence-corrected chi connectivity index (χ2v) is 6.97. The van der Waals surface area contributed by atoms with Crippen molar-refractivity contribution in [3.63, 3.8) is 0 Å². The van der Waals surface area contributed by atoms with Gasteiger partial charge in [-0.2, -0.15) is 5.10 Å². The number of carboxylic acid groups (broad SMARTS) is 1. The molecule has 0 radical (unpaired) electrons. The lowest BCUT2D eigenvalue weighted by Crippen LogP contribution is -2.22. The molecule has 1 amide bonds. The molecule has 0 aliphatic rings. The minimum atomic E-state index is -1.11. The van der Waals surface area contributed by atoms with Crippen molar-refractivity contribution in [2.45, 2.75) is 6.54 Å². The van der Waals surface area contributed by atoms with Gasteiger partial charge in [-0.1, -0.05) is 54.6 Å². The number of pyridine rings is 1. The Morgan fingerprint density at radius 2 is 1.72 bits per heavy atom. The Labute approximate surface area is 184 Å². The maximum atomic E-state index is 12.6. The smallest absolute Gasteiger partial charge is 0.337 e. The molecule has 0 spiro atoms. The fourth-order valence-corrected chi connectivity index (χ4v) is 3.16. The fourth-order valence-electron chi connectivity index (χ4n) is 3.16. The zero-order valence-electron chi connectivity index (χ0n) is 17.2. The largest absolute Gasteiger partial charge is 0.493 e. The molecule has 0 unspecified atom stereocenters. The van der Waals surface area contributed by atoms with E-state index in [1.54, 1.807) is 0 Å². The molecule has 0 aliphatic carbocycles. The number of rotatable bonds is 7. The molecular weight excluding hydrogens is 408 g/mol. The van der Waals surface area contributed by atoms with Crippen LogP contribution in [0.25, 0.3) is 16.9 Å². The number of carboxylic acids is 1. The molecule has 2 aromatic carbocycles. The molecule has 4 rings (SSSR count). The van der Waals surface area contributed by atoms with Crippen LogP contribution in [0.5, 0.6) is 5.75 Å². The average molecular weight is 428 g/mol. The van der Waals surface area contributed by atoms with Gasteiger partial charge in [-0.15, -0.1) is 0 Å². The van der Waals surface area contributed by atoms with Crippen molar-refractivity contribution in [3.8, 4) is 22.7 Å². The van der Waals surface area contributed by atoms with Gasteiger partial charge in [0.15, 0.2) is 11.6 Å². The summed E-state index contributed by atoms with van der Waals surface area (Å²) in [6, 6.07) is 19.4. The highest BCUT2D eigenvalue weighted by Gasteiger charge is 2.15. The van der Waals surface area contributed by atoms with Crippen LogP contribution in [0.3, 0.4) is 0 Å². The third-order valence-corrected chi connectivity index (χ3v) is 4.88.